The van der Waals surface area contributed by atoms with Crippen LogP contribution in [0.25, 0.3) is 0 Å². The van der Waals surface area contributed by atoms with E-state index in [1.165, 1.54) is 0 Å². The Morgan fingerprint density at radius 3 is 2.61 bits per heavy atom. The first-order chi connectivity index (χ1) is 8.51. The third-order valence-corrected chi connectivity index (χ3v) is 3.53. The highest BCUT2D eigenvalue weighted by atomic mass is 35.5. The van der Waals surface area contributed by atoms with Crippen LogP contribution in [0.5, 0.6) is 0 Å². The maximum absolute atomic E-state index is 7.68. The summed E-state index contributed by atoms with van der Waals surface area (Å²) in [5, 5.41) is 8.22. The topological polar surface area (TPSA) is 53.1 Å². The van der Waals surface area contributed by atoms with Gasteiger partial charge in [0.15, 0.2) is 0 Å². The maximum atomic E-state index is 7.68. The van der Waals surface area contributed by atoms with Gasteiger partial charge in [-0.2, -0.15) is 0 Å². The number of nitrogens with one attached hydrogen (secondary N) is 1. The Morgan fingerprint density at radius 1 is 1.44 bits per heavy atom. The zero-order chi connectivity index (χ0) is 13.7. The van der Waals surface area contributed by atoms with Gasteiger partial charge >= 0.3 is 0 Å². The molecule has 0 aromatic heterocycles. The number of nitrogens with two attached hydrogens (primary N) is 1. The molecular formula is C14H22ClN3. The molecule has 100 valence electrons. The first-order valence-electron chi connectivity index (χ1n) is 6.39. The highest BCUT2D eigenvalue weighted by Crippen LogP contribution is 2.27. The summed E-state index contributed by atoms with van der Waals surface area (Å²) in [5.41, 5.74) is 7.24. The summed E-state index contributed by atoms with van der Waals surface area (Å²) in [6.45, 7) is 8.34. The van der Waals surface area contributed by atoms with E-state index in [0.29, 0.717) is 16.5 Å². The fourth-order valence-electron chi connectivity index (χ4n) is 1.95. The Kier molecular flexibility index (Phi) is 5.48. The van der Waals surface area contributed by atoms with Gasteiger partial charge in [0, 0.05) is 18.8 Å². The van der Waals surface area contributed by atoms with E-state index >= 15 is 0 Å². The molecule has 3 nitrogen and oxygen atoms in total. The Labute approximate surface area is 114 Å². The third kappa shape index (κ3) is 3.39. The third-order valence-electron chi connectivity index (χ3n) is 3.21. The van der Waals surface area contributed by atoms with Crippen molar-refractivity contribution in [3.8, 4) is 0 Å². The lowest BCUT2D eigenvalue weighted by atomic mass is 10.1. The summed E-state index contributed by atoms with van der Waals surface area (Å²) >= 11 is 6.15. The van der Waals surface area contributed by atoms with Gasteiger partial charge in [0.05, 0.1) is 10.6 Å². The van der Waals surface area contributed by atoms with Crippen LogP contribution in [0.2, 0.25) is 5.02 Å². The van der Waals surface area contributed by atoms with Crippen molar-refractivity contribution in [1.29, 1.82) is 5.41 Å². The fourth-order valence-corrected chi connectivity index (χ4v) is 2.22. The second-order valence-corrected chi connectivity index (χ2v) is 5.01. The lowest BCUT2D eigenvalue weighted by Gasteiger charge is -2.28. The molecule has 1 rings (SSSR count). The monoisotopic (exact) mass is 267 g/mol. The number of halogens is 1. The van der Waals surface area contributed by atoms with Crippen LogP contribution >= 0.6 is 11.6 Å². The van der Waals surface area contributed by atoms with Crippen molar-refractivity contribution in [2.75, 3.05) is 18.0 Å². The van der Waals surface area contributed by atoms with Crippen molar-refractivity contribution in [2.45, 2.75) is 27.2 Å². The molecule has 1 aromatic rings. The van der Waals surface area contributed by atoms with E-state index in [1.54, 1.807) is 6.07 Å². The molecule has 1 unspecified atom stereocenters. The van der Waals surface area contributed by atoms with Crippen LogP contribution < -0.4 is 10.6 Å². The molecule has 0 aliphatic heterocycles. The second-order valence-electron chi connectivity index (χ2n) is 4.60. The van der Waals surface area contributed by atoms with E-state index in [9.17, 15) is 0 Å². The smallest absolute Gasteiger partial charge is 0.126 e. The van der Waals surface area contributed by atoms with Crippen LogP contribution in [-0.2, 0) is 0 Å². The van der Waals surface area contributed by atoms with Gasteiger partial charge in [-0.15, -0.1) is 0 Å². The number of amidine groups is 1. The first kappa shape index (κ1) is 14.8. The predicted molar refractivity (Wildman–Crippen MR) is 79.8 cm³/mol. The average Bonchev–Trinajstić information content (AvgIpc) is 2.34. The van der Waals surface area contributed by atoms with Crippen LogP contribution in [0.15, 0.2) is 18.2 Å². The molecule has 3 N–H and O–H groups in total. The zero-order valence-corrected chi connectivity index (χ0v) is 12.1. The van der Waals surface area contributed by atoms with Crippen molar-refractivity contribution in [3.63, 3.8) is 0 Å². The van der Waals surface area contributed by atoms with E-state index in [2.05, 4.69) is 25.7 Å². The molecule has 18 heavy (non-hydrogen) atoms. The van der Waals surface area contributed by atoms with Gasteiger partial charge in [0.25, 0.3) is 0 Å². The summed E-state index contributed by atoms with van der Waals surface area (Å²) in [7, 11) is 0. The van der Waals surface area contributed by atoms with Gasteiger partial charge in [-0.05, 0) is 25.0 Å². The minimum atomic E-state index is 0.0261. The molecule has 0 spiro atoms. The van der Waals surface area contributed by atoms with Crippen LogP contribution in [0, 0.1) is 11.3 Å². The highest BCUT2D eigenvalue weighted by Gasteiger charge is 2.16. The van der Waals surface area contributed by atoms with Crippen molar-refractivity contribution in [2.24, 2.45) is 11.7 Å². The van der Waals surface area contributed by atoms with Crippen LogP contribution in [0.4, 0.5) is 5.69 Å². The Bertz CT molecular complexity index is 418. The Morgan fingerprint density at radius 2 is 2.11 bits per heavy atom. The predicted octanol–water partition coefficient (Wildman–Crippen LogP) is 3.50. The van der Waals surface area contributed by atoms with Gasteiger partial charge in [0.2, 0.25) is 0 Å². The second kappa shape index (κ2) is 6.64. The molecule has 0 saturated heterocycles. The first-order valence-corrected chi connectivity index (χ1v) is 6.76. The molecule has 0 amide bonds. The van der Waals surface area contributed by atoms with Gasteiger partial charge in [-0.1, -0.05) is 37.9 Å². The molecule has 4 heteroatoms. The molecule has 1 atom stereocenters. The zero-order valence-electron chi connectivity index (χ0n) is 11.3. The molecule has 0 aliphatic carbocycles. The van der Waals surface area contributed by atoms with Crippen molar-refractivity contribution >= 4 is 23.1 Å². The molecule has 0 bridgehead atoms. The summed E-state index contributed by atoms with van der Waals surface area (Å²) in [5.74, 6) is 0.627. The number of anilines is 1. The Hall–Kier alpha value is -1.22. The molecule has 0 saturated carbocycles. The van der Waals surface area contributed by atoms with Gasteiger partial charge in [0.1, 0.15) is 5.84 Å². The number of hydrogen-bond donors (Lipinski definition) is 2. The average molecular weight is 268 g/mol. The summed E-state index contributed by atoms with van der Waals surface area (Å²) in [6.07, 6.45) is 1.13. The fraction of sp³-hybridized carbons (Fsp3) is 0.500. The lowest BCUT2D eigenvalue weighted by Crippen LogP contribution is -2.30. The summed E-state index contributed by atoms with van der Waals surface area (Å²) in [6, 6.07) is 5.66. The number of benzene rings is 1. The van der Waals surface area contributed by atoms with Crippen LogP contribution in [-0.4, -0.2) is 18.9 Å². The number of nitrogen functional groups attached to an aromatic ring is 1. The van der Waals surface area contributed by atoms with E-state index < -0.39 is 0 Å². The van der Waals surface area contributed by atoms with Crippen molar-refractivity contribution in [3.05, 3.63) is 28.8 Å². The minimum absolute atomic E-state index is 0.0261. The van der Waals surface area contributed by atoms with E-state index in [-0.39, 0.29) is 5.84 Å². The standard InChI is InChI=1S/C14H22ClN3/c1-4-10(3)9-18(5-2)12-8-6-7-11(15)13(12)14(16)17/h6-8,10H,4-5,9H2,1-3H3,(H3,16,17). The van der Waals surface area contributed by atoms with Crippen molar-refractivity contribution in [1.82, 2.24) is 0 Å². The number of hydrogen-bond acceptors (Lipinski definition) is 2. The molecule has 0 heterocycles. The maximum Gasteiger partial charge on any atom is 0.126 e. The highest BCUT2D eigenvalue weighted by molar-refractivity contribution is 6.34. The van der Waals surface area contributed by atoms with Crippen LogP contribution in [0.3, 0.4) is 0 Å². The number of nitrogens with zero attached hydrogens (tertiary/aromatic N) is 1. The normalized spacial score (nSPS) is 12.2. The molecule has 0 radical (unpaired) electrons. The lowest BCUT2D eigenvalue weighted by molar-refractivity contribution is 0.548. The van der Waals surface area contributed by atoms with E-state index in [4.69, 9.17) is 22.7 Å². The van der Waals surface area contributed by atoms with Gasteiger partial charge < -0.3 is 10.6 Å². The summed E-state index contributed by atoms with van der Waals surface area (Å²) < 4.78 is 0. The quantitative estimate of drug-likeness (QED) is 0.612. The molecule has 0 aliphatic rings. The largest absolute Gasteiger partial charge is 0.384 e. The molecule has 0 fully saturated rings. The van der Waals surface area contributed by atoms with Crippen LogP contribution in [0.1, 0.15) is 32.8 Å². The van der Waals surface area contributed by atoms with E-state index in [0.717, 1.165) is 25.2 Å². The molecular weight excluding hydrogens is 246 g/mol. The number of rotatable bonds is 6. The SMILES string of the molecule is CCC(C)CN(CC)c1cccc(Cl)c1C(=N)N. The van der Waals surface area contributed by atoms with Gasteiger partial charge in [-0.3, -0.25) is 5.41 Å². The summed E-state index contributed by atoms with van der Waals surface area (Å²) in [4.78, 5) is 2.23. The Balaban J connectivity index is 3.13. The van der Waals surface area contributed by atoms with Gasteiger partial charge in [-0.25, -0.2) is 0 Å². The minimum Gasteiger partial charge on any atom is -0.384 e. The van der Waals surface area contributed by atoms with Crippen molar-refractivity contribution < 1.29 is 0 Å². The van der Waals surface area contributed by atoms with E-state index in [1.807, 2.05) is 12.1 Å². The molecule has 1 aromatic carbocycles.